The Labute approximate surface area is 124 Å². The highest BCUT2D eigenvalue weighted by Crippen LogP contribution is 2.26. The first-order valence-corrected chi connectivity index (χ1v) is 6.65. The van der Waals surface area contributed by atoms with Crippen LogP contribution in [-0.4, -0.2) is 5.91 Å². The molecule has 104 valence electrons. The van der Waals surface area contributed by atoms with Gasteiger partial charge in [0.25, 0.3) is 5.91 Å². The number of aryl methyl sites for hydroxylation is 1. The number of hydrogen-bond donors (Lipinski definition) is 3. The first kappa shape index (κ1) is 14.5. The number of rotatable bonds is 3. The van der Waals surface area contributed by atoms with E-state index in [1.165, 1.54) is 6.07 Å². The van der Waals surface area contributed by atoms with Gasteiger partial charge in [0.15, 0.2) is 0 Å². The van der Waals surface area contributed by atoms with Crippen LogP contribution in [0.1, 0.15) is 15.9 Å². The molecule has 0 saturated carbocycles. The Balaban J connectivity index is 2.26. The molecular formula is C14H13BrFN3O. The number of halogens is 2. The summed E-state index contributed by atoms with van der Waals surface area (Å²) in [5.74, 6) is 4.45. The van der Waals surface area contributed by atoms with Gasteiger partial charge in [0.1, 0.15) is 5.82 Å². The van der Waals surface area contributed by atoms with Gasteiger partial charge in [-0.25, -0.2) is 4.39 Å². The molecule has 2 aromatic rings. The normalized spacial score (nSPS) is 10.2. The predicted octanol–water partition coefficient (Wildman–Crippen LogP) is 3.43. The Morgan fingerprint density at radius 2 is 2.05 bits per heavy atom. The van der Waals surface area contributed by atoms with Gasteiger partial charge in [-0.15, -0.1) is 0 Å². The molecule has 20 heavy (non-hydrogen) atoms. The minimum absolute atomic E-state index is 0.121. The monoisotopic (exact) mass is 337 g/mol. The van der Waals surface area contributed by atoms with Crippen molar-refractivity contribution in [3.63, 3.8) is 0 Å². The van der Waals surface area contributed by atoms with E-state index in [-0.39, 0.29) is 11.6 Å². The van der Waals surface area contributed by atoms with Crippen molar-refractivity contribution in [3.05, 3.63) is 57.8 Å². The summed E-state index contributed by atoms with van der Waals surface area (Å²) < 4.78 is 14.1. The summed E-state index contributed by atoms with van der Waals surface area (Å²) in [5.41, 5.74) is 4.64. The van der Waals surface area contributed by atoms with Crippen LogP contribution >= 0.6 is 15.9 Å². The predicted molar refractivity (Wildman–Crippen MR) is 81.0 cm³/mol. The quantitative estimate of drug-likeness (QED) is 0.593. The van der Waals surface area contributed by atoms with E-state index in [0.717, 1.165) is 11.3 Å². The van der Waals surface area contributed by atoms with Crippen LogP contribution in [-0.2, 0) is 0 Å². The Kier molecular flexibility index (Phi) is 4.36. The van der Waals surface area contributed by atoms with Crippen molar-refractivity contribution in [1.29, 1.82) is 0 Å². The first-order valence-electron chi connectivity index (χ1n) is 5.85. The van der Waals surface area contributed by atoms with Crippen molar-refractivity contribution in [2.75, 3.05) is 10.7 Å². The fraction of sp³-hybridized carbons (Fsp3) is 0.0714. The zero-order chi connectivity index (χ0) is 14.7. The lowest BCUT2D eigenvalue weighted by molar-refractivity contribution is 0.102. The number of nitrogen functional groups attached to an aromatic ring is 1. The summed E-state index contributed by atoms with van der Waals surface area (Å²) in [6, 6.07) is 9.49. The van der Waals surface area contributed by atoms with E-state index < -0.39 is 5.82 Å². The number of para-hydroxylation sites is 1. The summed E-state index contributed by atoms with van der Waals surface area (Å²) in [6.45, 7) is 1.82. The Bertz CT molecular complexity index is 641. The van der Waals surface area contributed by atoms with Crippen molar-refractivity contribution in [1.82, 2.24) is 0 Å². The number of anilines is 2. The van der Waals surface area contributed by atoms with Gasteiger partial charge in [0, 0.05) is 10.0 Å². The molecule has 2 aromatic carbocycles. The highest BCUT2D eigenvalue weighted by molar-refractivity contribution is 9.10. The third-order valence-corrected chi connectivity index (χ3v) is 3.51. The van der Waals surface area contributed by atoms with Crippen LogP contribution < -0.4 is 16.6 Å². The number of nitrogens with one attached hydrogen (secondary N) is 2. The third-order valence-electron chi connectivity index (χ3n) is 2.85. The number of nitrogens with two attached hydrogens (primary N) is 1. The lowest BCUT2D eigenvalue weighted by Crippen LogP contribution is -2.14. The molecule has 1 amide bonds. The van der Waals surface area contributed by atoms with Crippen molar-refractivity contribution >= 4 is 33.2 Å². The molecular weight excluding hydrogens is 325 g/mol. The largest absolute Gasteiger partial charge is 0.324 e. The van der Waals surface area contributed by atoms with Gasteiger partial charge in [-0.1, -0.05) is 6.07 Å². The number of amides is 1. The maximum Gasteiger partial charge on any atom is 0.255 e. The van der Waals surface area contributed by atoms with Crippen molar-refractivity contribution < 1.29 is 9.18 Å². The SMILES string of the molecule is Cc1cc(C(=O)Nc2c(F)cccc2Br)ccc1NN. The van der Waals surface area contributed by atoms with Gasteiger partial charge in [0.2, 0.25) is 0 Å². The van der Waals surface area contributed by atoms with Crippen LogP contribution in [0.2, 0.25) is 0 Å². The van der Waals surface area contributed by atoms with E-state index in [9.17, 15) is 9.18 Å². The second kappa shape index (κ2) is 6.02. The van der Waals surface area contributed by atoms with Crippen molar-refractivity contribution in [2.24, 2.45) is 5.84 Å². The van der Waals surface area contributed by atoms with E-state index in [1.54, 1.807) is 30.3 Å². The molecule has 0 fully saturated rings. The maximum absolute atomic E-state index is 13.7. The molecule has 0 atom stereocenters. The molecule has 0 aliphatic carbocycles. The Hall–Kier alpha value is -1.92. The molecule has 0 aliphatic rings. The van der Waals surface area contributed by atoms with Crippen LogP contribution in [0.4, 0.5) is 15.8 Å². The van der Waals surface area contributed by atoms with Crippen LogP contribution in [0.15, 0.2) is 40.9 Å². The first-order chi connectivity index (χ1) is 9.52. The highest BCUT2D eigenvalue weighted by Gasteiger charge is 2.12. The van der Waals surface area contributed by atoms with E-state index in [0.29, 0.717) is 10.0 Å². The standard InChI is InChI=1S/C14H13BrFN3O/c1-8-7-9(5-6-12(8)19-17)14(20)18-13-10(15)3-2-4-11(13)16/h2-7,19H,17H2,1H3,(H,18,20). The second-order valence-corrected chi connectivity index (χ2v) is 5.08. The zero-order valence-electron chi connectivity index (χ0n) is 10.7. The minimum atomic E-state index is -0.496. The molecule has 0 heterocycles. The molecule has 2 rings (SSSR count). The van der Waals surface area contributed by atoms with Gasteiger partial charge < -0.3 is 10.7 Å². The molecule has 4 N–H and O–H groups in total. The molecule has 0 bridgehead atoms. The fourth-order valence-corrected chi connectivity index (χ4v) is 2.21. The van der Waals surface area contributed by atoms with E-state index in [1.807, 2.05) is 6.92 Å². The van der Waals surface area contributed by atoms with E-state index in [4.69, 9.17) is 5.84 Å². The highest BCUT2D eigenvalue weighted by atomic mass is 79.9. The number of benzene rings is 2. The summed E-state index contributed by atoms with van der Waals surface area (Å²) in [5, 5.41) is 2.55. The summed E-state index contributed by atoms with van der Waals surface area (Å²) in [7, 11) is 0. The molecule has 4 nitrogen and oxygen atoms in total. The van der Waals surface area contributed by atoms with Gasteiger partial charge in [0.05, 0.1) is 11.4 Å². The van der Waals surface area contributed by atoms with Crippen molar-refractivity contribution in [3.8, 4) is 0 Å². The van der Waals surface area contributed by atoms with Gasteiger partial charge >= 0.3 is 0 Å². The molecule has 0 radical (unpaired) electrons. The number of hydrogen-bond acceptors (Lipinski definition) is 3. The second-order valence-electron chi connectivity index (χ2n) is 4.22. The minimum Gasteiger partial charge on any atom is -0.324 e. The number of hydrazine groups is 1. The van der Waals surface area contributed by atoms with Crippen molar-refractivity contribution in [2.45, 2.75) is 6.92 Å². The zero-order valence-corrected chi connectivity index (χ0v) is 12.3. The number of carbonyl (C=O) groups excluding carboxylic acids is 1. The lowest BCUT2D eigenvalue weighted by atomic mass is 10.1. The maximum atomic E-state index is 13.7. The van der Waals surface area contributed by atoms with E-state index >= 15 is 0 Å². The molecule has 0 spiro atoms. The topological polar surface area (TPSA) is 67.2 Å². The Morgan fingerprint density at radius 1 is 1.30 bits per heavy atom. The molecule has 0 unspecified atom stereocenters. The molecule has 0 saturated heterocycles. The van der Waals surface area contributed by atoms with Gasteiger partial charge in [-0.3, -0.25) is 10.6 Å². The summed E-state index contributed by atoms with van der Waals surface area (Å²) >= 11 is 3.20. The average molecular weight is 338 g/mol. The number of carbonyl (C=O) groups is 1. The van der Waals surface area contributed by atoms with Crippen LogP contribution in [0.25, 0.3) is 0 Å². The lowest BCUT2D eigenvalue weighted by Gasteiger charge is -2.10. The average Bonchev–Trinajstić information content (AvgIpc) is 2.42. The smallest absolute Gasteiger partial charge is 0.255 e. The summed E-state index contributed by atoms with van der Waals surface area (Å²) in [4.78, 5) is 12.1. The summed E-state index contributed by atoms with van der Waals surface area (Å²) in [6.07, 6.45) is 0. The fourth-order valence-electron chi connectivity index (χ4n) is 1.77. The Morgan fingerprint density at radius 3 is 2.65 bits per heavy atom. The van der Waals surface area contributed by atoms with Crippen LogP contribution in [0, 0.1) is 12.7 Å². The van der Waals surface area contributed by atoms with E-state index in [2.05, 4.69) is 26.7 Å². The molecule has 0 aromatic heterocycles. The molecule has 6 heteroatoms. The molecule has 0 aliphatic heterocycles. The van der Waals surface area contributed by atoms with Gasteiger partial charge in [-0.05, 0) is 58.7 Å². The van der Waals surface area contributed by atoms with Gasteiger partial charge in [-0.2, -0.15) is 0 Å². The van der Waals surface area contributed by atoms with Crippen LogP contribution in [0.3, 0.4) is 0 Å². The van der Waals surface area contributed by atoms with Crippen LogP contribution in [0.5, 0.6) is 0 Å². The third kappa shape index (κ3) is 2.97.